The molecule has 78 valence electrons. The standard InChI is InChI=1S/C9H14N2O2S/c1-2-8-10-11-14(12,13)9-6-4-3-5-7-9/h3-7,10-11H,2,8H2,1H3. The topological polar surface area (TPSA) is 58.2 Å². The molecule has 0 aromatic heterocycles. The van der Waals surface area contributed by atoms with Crippen molar-refractivity contribution in [2.45, 2.75) is 18.2 Å². The molecule has 0 radical (unpaired) electrons. The molecule has 0 saturated heterocycles. The lowest BCUT2D eigenvalue weighted by Gasteiger charge is -2.06. The number of hydrogen-bond donors (Lipinski definition) is 2. The van der Waals surface area contributed by atoms with Gasteiger partial charge in [-0.05, 0) is 18.6 Å². The van der Waals surface area contributed by atoms with Gasteiger partial charge in [-0.3, -0.25) is 0 Å². The first-order chi connectivity index (χ1) is 6.67. The van der Waals surface area contributed by atoms with Gasteiger partial charge in [-0.15, -0.1) is 4.83 Å². The Morgan fingerprint density at radius 3 is 2.43 bits per heavy atom. The van der Waals surface area contributed by atoms with E-state index in [0.29, 0.717) is 6.54 Å². The first-order valence-corrected chi connectivity index (χ1v) is 5.95. The Morgan fingerprint density at radius 1 is 1.21 bits per heavy atom. The van der Waals surface area contributed by atoms with Crippen molar-refractivity contribution in [2.75, 3.05) is 6.54 Å². The van der Waals surface area contributed by atoms with Crippen molar-refractivity contribution < 1.29 is 8.42 Å². The van der Waals surface area contributed by atoms with E-state index < -0.39 is 10.0 Å². The highest BCUT2D eigenvalue weighted by Crippen LogP contribution is 2.05. The fourth-order valence-corrected chi connectivity index (χ4v) is 1.85. The predicted molar refractivity (Wildman–Crippen MR) is 55.1 cm³/mol. The molecule has 1 aromatic carbocycles. The van der Waals surface area contributed by atoms with Gasteiger partial charge in [0.1, 0.15) is 0 Å². The molecule has 0 aliphatic heterocycles. The Bertz CT molecular complexity index is 362. The molecule has 0 fully saturated rings. The van der Waals surface area contributed by atoms with Crippen molar-refractivity contribution >= 4 is 10.0 Å². The van der Waals surface area contributed by atoms with Crippen molar-refractivity contribution in [2.24, 2.45) is 0 Å². The first kappa shape index (κ1) is 11.2. The summed E-state index contributed by atoms with van der Waals surface area (Å²) in [4.78, 5) is 2.57. The van der Waals surface area contributed by atoms with E-state index in [9.17, 15) is 8.42 Å². The van der Waals surface area contributed by atoms with E-state index in [1.54, 1.807) is 30.3 Å². The van der Waals surface area contributed by atoms with Crippen LogP contribution in [0.25, 0.3) is 0 Å². The molecule has 4 nitrogen and oxygen atoms in total. The summed E-state index contributed by atoms with van der Waals surface area (Å²) < 4.78 is 23.1. The van der Waals surface area contributed by atoms with Crippen molar-refractivity contribution in [1.29, 1.82) is 0 Å². The van der Waals surface area contributed by atoms with Gasteiger partial charge in [0.25, 0.3) is 10.0 Å². The largest absolute Gasteiger partial charge is 0.253 e. The average Bonchev–Trinajstić information content (AvgIpc) is 2.19. The van der Waals surface area contributed by atoms with Gasteiger partial charge in [0.2, 0.25) is 0 Å². The maximum atomic E-state index is 11.5. The first-order valence-electron chi connectivity index (χ1n) is 4.46. The Kier molecular flexibility index (Phi) is 4.06. The van der Waals surface area contributed by atoms with Crippen LogP contribution < -0.4 is 10.3 Å². The third-order valence-electron chi connectivity index (χ3n) is 1.64. The molecule has 14 heavy (non-hydrogen) atoms. The normalized spacial score (nSPS) is 11.5. The second kappa shape index (κ2) is 5.09. The van der Waals surface area contributed by atoms with Crippen molar-refractivity contribution in [1.82, 2.24) is 10.3 Å². The summed E-state index contributed by atoms with van der Waals surface area (Å²) in [6, 6.07) is 8.26. The van der Waals surface area contributed by atoms with E-state index in [-0.39, 0.29) is 4.90 Å². The lowest BCUT2D eigenvalue weighted by Crippen LogP contribution is -2.37. The monoisotopic (exact) mass is 214 g/mol. The van der Waals surface area contributed by atoms with Crippen LogP contribution in [0.3, 0.4) is 0 Å². The summed E-state index contributed by atoms with van der Waals surface area (Å²) in [6.07, 6.45) is 0.872. The van der Waals surface area contributed by atoms with Gasteiger partial charge in [-0.1, -0.05) is 25.1 Å². The molecular weight excluding hydrogens is 200 g/mol. The van der Waals surface area contributed by atoms with E-state index in [2.05, 4.69) is 10.3 Å². The zero-order chi connectivity index (χ0) is 10.4. The fourth-order valence-electron chi connectivity index (χ4n) is 0.930. The molecule has 1 rings (SSSR count). The second-order valence-corrected chi connectivity index (χ2v) is 4.53. The van der Waals surface area contributed by atoms with Crippen LogP contribution in [0.2, 0.25) is 0 Å². The van der Waals surface area contributed by atoms with Gasteiger partial charge in [0.05, 0.1) is 4.90 Å². The molecule has 5 heteroatoms. The van der Waals surface area contributed by atoms with E-state index >= 15 is 0 Å². The van der Waals surface area contributed by atoms with Crippen molar-refractivity contribution in [3.8, 4) is 0 Å². The summed E-state index contributed by atoms with van der Waals surface area (Å²) in [7, 11) is -3.39. The summed E-state index contributed by atoms with van der Waals surface area (Å²) in [5.41, 5.74) is 2.64. The van der Waals surface area contributed by atoms with Crippen LogP contribution in [-0.4, -0.2) is 15.0 Å². The highest BCUT2D eigenvalue weighted by molar-refractivity contribution is 7.89. The molecular formula is C9H14N2O2S. The minimum absolute atomic E-state index is 0.267. The van der Waals surface area contributed by atoms with Crippen LogP contribution in [0.15, 0.2) is 35.2 Å². The average molecular weight is 214 g/mol. The van der Waals surface area contributed by atoms with Crippen molar-refractivity contribution in [3.63, 3.8) is 0 Å². The molecule has 0 bridgehead atoms. The van der Waals surface area contributed by atoms with Crippen LogP contribution in [-0.2, 0) is 10.0 Å². The molecule has 2 N–H and O–H groups in total. The lowest BCUT2D eigenvalue weighted by atomic mass is 10.4. The Labute approximate surface area is 84.4 Å². The van der Waals surface area contributed by atoms with Crippen LogP contribution in [0, 0.1) is 0 Å². The quantitative estimate of drug-likeness (QED) is 0.565. The molecule has 0 atom stereocenters. The third-order valence-corrected chi connectivity index (χ3v) is 2.94. The fraction of sp³-hybridized carbons (Fsp3) is 0.333. The molecule has 0 heterocycles. The Balaban J connectivity index is 2.67. The van der Waals surface area contributed by atoms with Gasteiger partial charge >= 0.3 is 0 Å². The second-order valence-electron chi connectivity index (χ2n) is 2.85. The Morgan fingerprint density at radius 2 is 1.86 bits per heavy atom. The third kappa shape index (κ3) is 3.10. The zero-order valence-corrected chi connectivity index (χ0v) is 8.84. The van der Waals surface area contributed by atoms with Crippen molar-refractivity contribution in [3.05, 3.63) is 30.3 Å². The molecule has 1 aromatic rings. The minimum atomic E-state index is -3.39. The molecule has 0 unspecified atom stereocenters. The van der Waals surface area contributed by atoms with Gasteiger partial charge in [0, 0.05) is 6.54 Å². The van der Waals surface area contributed by atoms with Gasteiger partial charge in [-0.25, -0.2) is 13.8 Å². The SMILES string of the molecule is CCCNNS(=O)(=O)c1ccccc1. The van der Waals surface area contributed by atoms with E-state index in [4.69, 9.17) is 0 Å². The predicted octanol–water partition coefficient (Wildman–Crippen LogP) is 0.879. The van der Waals surface area contributed by atoms with Crippen LogP contribution in [0.5, 0.6) is 0 Å². The van der Waals surface area contributed by atoms with Crippen LogP contribution in [0.1, 0.15) is 13.3 Å². The van der Waals surface area contributed by atoms with E-state index in [1.807, 2.05) is 6.92 Å². The van der Waals surface area contributed by atoms with E-state index in [0.717, 1.165) is 6.42 Å². The number of nitrogens with one attached hydrogen (secondary N) is 2. The molecule has 0 amide bonds. The Hall–Kier alpha value is -0.910. The maximum absolute atomic E-state index is 11.5. The number of hydrogen-bond acceptors (Lipinski definition) is 3. The van der Waals surface area contributed by atoms with Crippen LogP contribution >= 0.6 is 0 Å². The highest BCUT2D eigenvalue weighted by atomic mass is 32.2. The van der Waals surface area contributed by atoms with E-state index in [1.165, 1.54) is 0 Å². The summed E-state index contributed by atoms with van der Waals surface area (Å²) in [6.45, 7) is 2.58. The highest BCUT2D eigenvalue weighted by Gasteiger charge is 2.11. The molecule has 0 aliphatic rings. The van der Waals surface area contributed by atoms with Crippen LogP contribution in [0.4, 0.5) is 0 Å². The molecule has 0 spiro atoms. The minimum Gasteiger partial charge on any atom is -0.244 e. The molecule has 0 aliphatic carbocycles. The number of benzene rings is 1. The van der Waals surface area contributed by atoms with Gasteiger partial charge in [-0.2, -0.15) is 0 Å². The maximum Gasteiger partial charge on any atom is 0.253 e. The van der Waals surface area contributed by atoms with Gasteiger partial charge in [0.15, 0.2) is 0 Å². The number of sulfonamides is 1. The summed E-state index contributed by atoms with van der Waals surface area (Å²) in [5, 5.41) is 0. The molecule has 0 saturated carbocycles. The van der Waals surface area contributed by atoms with Gasteiger partial charge < -0.3 is 0 Å². The number of hydrazine groups is 1. The smallest absolute Gasteiger partial charge is 0.244 e. The summed E-state index contributed by atoms with van der Waals surface area (Å²) >= 11 is 0. The summed E-state index contributed by atoms with van der Waals surface area (Å²) in [5.74, 6) is 0. The zero-order valence-electron chi connectivity index (χ0n) is 8.03. The number of rotatable bonds is 5. The lowest BCUT2D eigenvalue weighted by molar-refractivity contribution is 0.554.